The summed E-state index contributed by atoms with van der Waals surface area (Å²) < 4.78 is 10.9. The van der Waals surface area contributed by atoms with Gasteiger partial charge in [0.2, 0.25) is 0 Å². The standard InChI is InChI=1S/C16H12ClN5O3/c1-18-16(23)14-11(5-12(17)20-21-14)19-10-4-2-3-9-13-8(7-25-22-13)6-24-15(9)10/h2-5,7H,6H2,1H3,(H,18,23)(H,19,20). The molecule has 1 aliphatic heterocycles. The number of carbonyl (C=O) groups is 1. The van der Waals surface area contributed by atoms with Gasteiger partial charge in [-0.1, -0.05) is 22.8 Å². The van der Waals surface area contributed by atoms with Crippen molar-refractivity contribution < 1.29 is 14.1 Å². The molecule has 0 bridgehead atoms. The van der Waals surface area contributed by atoms with Crippen LogP contribution in [0.1, 0.15) is 16.1 Å². The summed E-state index contributed by atoms with van der Waals surface area (Å²) in [6.45, 7) is 0.349. The molecule has 3 heterocycles. The Labute approximate surface area is 147 Å². The van der Waals surface area contributed by atoms with Crippen molar-refractivity contribution >= 4 is 28.9 Å². The first-order valence-corrected chi connectivity index (χ1v) is 7.77. The highest BCUT2D eigenvalue weighted by molar-refractivity contribution is 6.29. The minimum atomic E-state index is -0.379. The van der Waals surface area contributed by atoms with Gasteiger partial charge in [-0.05, 0) is 12.1 Å². The molecule has 8 nitrogen and oxygen atoms in total. The zero-order chi connectivity index (χ0) is 17.4. The molecule has 1 aliphatic rings. The molecule has 9 heteroatoms. The topological polar surface area (TPSA) is 102 Å². The lowest BCUT2D eigenvalue weighted by Crippen LogP contribution is -2.21. The van der Waals surface area contributed by atoms with Crippen LogP contribution in [0.5, 0.6) is 5.75 Å². The average Bonchev–Trinajstić information content (AvgIpc) is 3.11. The number of anilines is 2. The Morgan fingerprint density at radius 1 is 1.28 bits per heavy atom. The van der Waals surface area contributed by atoms with E-state index in [4.69, 9.17) is 20.9 Å². The fourth-order valence-corrected chi connectivity index (χ4v) is 2.75. The van der Waals surface area contributed by atoms with Gasteiger partial charge in [-0.2, -0.15) is 0 Å². The SMILES string of the molecule is CNC(=O)c1nnc(Cl)cc1Nc1cccc2c1OCc1conc1-2. The van der Waals surface area contributed by atoms with Crippen LogP contribution in [0.3, 0.4) is 0 Å². The van der Waals surface area contributed by atoms with Gasteiger partial charge in [0, 0.05) is 18.7 Å². The van der Waals surface area contributed by atoms with E-state index < -0.39 is 0 Å². The zero-order valence-corrected chi connectivity index (χ0v) is 13.8. The van der Waals surface area contributed by atoms with Crippen molar-refractivity contribution in [2.24, 2.45) is 0 Å². The van der Waals surface area contributed by atoms with E-state index in [1.54, 1.807) is 6.26 Å². The third kappa shape index (κ3) is 2.66. The van der Waals surface area contributed by atoms with Crippen LogP contribution < -0.4 is 15.4 Å². The lowest BCUT2D eigenvalue weighted by atomic mass is 10.0. The van der Waals surface area contributed by atoms with E-state index in [2.05, 4.69) is 26.0 Å². The molecule has 126 valence electrons. The molecule has 0 saturated heterocycles. The molecule has 0 aliphatic carbocycles. The summed E-state index contributed by atoms with van der Waals surface area (Å²) in [5, 5.41) is 17.4. The maximum absolute atomic E-state index is 12.0. The van der Waals surface area contributed by atoms with Gasteiger partial charge in [0.1, 0.15) is 18.6 Å². The monoisotopic (exact) mass is 357 g/mol. The maximum atomic E-state index is 12.0. The quantitative estimate of drug-likeness (QED) is 0.743. The molecule has 2 N–H and O–H groups in total. The molecule has 1 aromatic carbocycles. The number of para-hydroxylation sites is 1. The Hall–Kier alpha value is -3.13. The predicted octanol–water partition coefficient (Wildman–Crippen LogP) is 2.78. The lowest BCUT2D eigenvalue weighted by Gasteiger charge is -2.20. The van der Waals surface area contributed by atoms with E-state index in [0.29, 0.717) is 23.7 Å². The number of ether oxygens (including phenoxy) is 1. The molecule has 1 amide bonds. The summed E-state index contributed by atoms with van der Waals surface area (Å²) >= 11 is 5.93. The number of carbonyl (C=O) groups excluding carboxylic acids is 1. The molecule has 3 aromatic rings. The number of fused-ring (bicyclic) bond motifs is 3. The van der Waals surface area contributed by atoms with Crippen LogP contribution in [-0.2, 0) is 6.61 Å². The number of nitrogens with zero attached hydrogens (tertiary/aromatic N) is 3. The number of hydrogen-bond donors (Lipinski definition) is 2. The number of aromatic nitrogens is 3. The van der Waals surface area contributed by atoms with Crippen molar-refractivity contribution in [1.29, 1.82) is 0 Å². The predicted molar refractivity (Wildman–Crippen MR) is 90.0 cm³/mol. The van der Waals surface area contributed by atoms with Crippen LogP contribution in [0.2, 0.25) is 5.15 Å². The number of nitrogens with one attached hydrogen (secondary N) is 2. The fraction of sp³-hybridized carbons (Fsp3) is 0.125. The Bertz CT molecular complexity index is 972. The minimum Gasteiger partial charge on any atom is -0.486 e. The summed E-state index contributed by atoms with van der Waals surface area (Å²) in [6.07, 6.45) is 1.56. The lowest BCUT2D eigenvalue weighted by molar-refractivity contribution is 0.0958. The second kappa shape index (κ2) is 6.06. The largest absolute Gasteiger partial charge is 0.486 e. The Kier molecular flexibility index (Phi) is 3.73. The molecular weight excluding hydrogens is 346 g/mol. The van der Waals surface area contributed by atoms with E-state index in [1.807, 2.05) is 18.2 Å². The molecular formula is C16H12ClN5O3. The number of rotatable bonds is 3. The average molecular weight is 358 g/mol. The van der Waals surface area contributed by atoms with E-state index in [1.165, 1.54) is 13.1 Å². The van der Waals surface area contributed by atoms with Gasteiger partial charge in [0.05, 0.1) is 16.9 Å². The minimum absolute atomic E-state index is 0.127. The van der Waals surface area contributed by atoms with Crippen molar-refractivity contribution in [3.8, 4) is 17.0 Å². The van der Waals surface area contributed by atoms with Crippen molar-refractivity contribution in [1.82, 2.24) is 20.7 Å². The Morgan fingerprint density at radius 3 is 3.00 bits per heavy atom. The van der Waals surface area contributed by atoms with Crippen LogP contribution in [0, 0.1) is 0 Å². The van der Waals surface area contributed by atoms with Gasteiger partial charge in [0.15, 0.2) is 16.6 Å². The first-order valence-electron chi connectivity index (χ1n) is 7.39. The van der Waals surface area contributed by atoms with Gasteiger partial charge in [0.25, 0.3) is 5.91 Å². The second-order valence-electron chi connectivity index (χ2n) is 5.29. The number of hydrogen-bond acceptors (Lipinski definition) is 7. The summed E-state index contributed by atoms with van der Waals surface area (Å²) in [5.74, 6) is 0.232. The van der Waals surface area contributed by atoms with Gasteiger partial charge < -0.3 is 19.9 Å². The molecule has 0 spiro atoms. The third-order valence-corrected chi connectivity index (χ3v) is 3.95. The third-order valence-electron chi connectivity index (χ3n) is 3.76. The normalized spacial score (nSPS) is 11.9. The summed E-state index contributed by atoms with van der Waals surface area (Å²) in [5.41, 5.74) is 3.62. The fourth-order valence-electron chi connectivity index (χ4n) is 2.60. The van der Waals surface area contributed by atoms with Crippen molar-refractivity contribution in [3.63, 3.8) is 0 Å². The molecule has 0 fully saturated rings. The van der Waals surface area contributed by atoms with Crippen LogP contribution in [-0.4, -0.2) is 28.3 Å². The summed E-state index contributed by atoms with van der Waals surface area (Å²) in [4.78, 5) is 12.0. The highest BCUT2D eigenvalue weighted by atomic mass is 35.5. The van der Waals surface area contributed by atoms with Gasteiger partial charge in [-0.15, -0.1) is 10.2 Å². The first-order chi connectivity index (χ1) is 12.2. The Balaban J connectivity index is 1.78. The molecule has 25 heavy (non-hydrogen) atoms. The highest BCUT2D eigenvalue weighted by Crippen LogP contribution is 2.42. The van der Waals surface area contributed by atoms with Gasteiger partial charge in [-0.25, -0.2) is 0 Å². The number of benzene rings is 1. The number of halogens is 1. The molecule has 2 aromatic heterocycles. The maximum Gasteiger partial charge on any atom is 0.273 e. The summed E-state index contributed by atoms with van der Waals surface area (Å²) in [6, 6.07) is 7.09. The van der Waals surface area contributed by atoms with Crippen LogP contribution in [0.25, 0.3) is 11.3 Å². The van der Waals surface area contributed by atoms with Crippen LogP contribution in [0.4, 0.5) is 11.4 Å². The van der Waals surface area contributed by atoms with Crippen LogP contribution in [0.15, 0.2) is 35.1 Å². The van der Waals surface area contributed by atoms with Gasteiger partial charge >= 0.3 is 0 Å². The molecule has 0 saturated carbocycles. The molecule has 0 unspecified atom stereocenters. The zero-order valence-electron chi connectivity index (χ0n) is 13.0. The van der Waals surface area contributed by atoms with Crippen LogP contribution >= 0.6 is 11.6 Å². The van der Waals surface area contributed by atoms with E-state index in [0.717, 1.165) is 16.8 Å². The van der Waals surface area contributed by atoms with Crippen molar-refractivity contribution in [2.75, 3.05) is 12.4 Å². The van der Waals surface area contributed by atoms with Crippen molar-refractivity contribution in [3.05, 3.63) is 46.9 Å². The molecule has 0 radical (unpaired) electrons. The van der Waals surface area contributed by atoms with E-state index in [-0.39, 0.29) is 16.8 Å². The summed E-state index contributed by atoms with van der Waals surface area (Å²) in [7, 11) is 1.52. The smallest absolute Gasteiger partial charge is 0.273 e. The second-order valence-corrected chi connectivity index (χ2v) is 5.68. The number of amides is 1. The first kappa shape index (κ1) is 15.4. The van der Waals surface area contributed by atoms with Crippen molar-refractivity contribution in [2.45, 2.75) is 6.61 Å². The Morgan fingerprint density at radius 2 is 2.16 bits per heavy atom. The van der Waals surface area contributed by atoms with E-state index >= 15 is 0 Å². The van der Waals surface area contributed by atoms with E-state index in [9.17, 15) is 4.79 Å². The molecule has 0 atom stereocenters. The highest BCUT2D eigenvalue weighted by Gasteiger charge is 2.24. The molecule has 4 rings (SSSR count). The van der Waals surface area contributed by atoms with Gasteiger partial charge in [-0.3, -0.25) is 4.79 Å².